The molecule has 6 nitrogen and oxygen atoms in total. The predicted octanol–water partition coefficient (Wildman–Crippen LogP) is 4.11. The summed E-state index contributed by atoms with van der Waals surface area (Å²) in [6.45, 7) is 7.72. The van der Waals surface area contributed by atoms with E-state index in [1.54, 1.807) is 0 Å². The number of fused-ring (bicyclic) bond motifs is 1. The second-order valence-corrected chi connectivity index (χ2v) is 7.87. The van der Waals surface area contributed by atoms with Crippen molar-refractivity contribution in [3.05, 3.63) is 59.8 Å². The molecule has 4 heterocycles. The Labute approximate surface area is 180 Å². The van der Waals surface area contributed by atoms with Crippen molar-refractivity contribution in [2.75, 3.05) is 31.1 Å². The first-order valence-electron chi connectivity index (χ1n) is 10.7. The highest BCUT2D eigenvalue weighted by Crippen LogP contribution is 2.33. The number of anilines is 1. The maximum absolute atomic E-state index is 15.1. The minimum Gasteiger partial charge on any atom is -0.354 e. The molecule has 1 aromatic carbocycles. The molecule has 0 saturated carbocycles. The largest absolute Gasteiger partial charge is 0.354 e. The molecule has 1 aliphatic heterocycles. The lowest BCUT2D eigenvalue weighted by atomic mass is 9.99. The van der Waals surface area contributed by atoms with Gasteiger partial charge in [-0.15, -0.1) is 0 Å². The zero-order valence-electron chi connectivity index (χ0n) is 17.7. The first-order valence-corrected chi connectivity index (χ1v) is 10.7. The van der Waals surface area contributed by atoms with Crippen molar-refractivity contribution in [1.29, 1.82) is 0 Å². The smallest absolute Gasteiger partial charge is 0.141 e. The highest BCUT2D eigenvalue weighted by molar-refractivity contribution is 5.94. The predicted molar refractivity (Wildman–Crippen MR) is 122 cm³/mol. The van der Waals surface area contributed by atoms with Crippen molar-refractivity contribution in [3.8, 4) is 22.5 Å². The average Bonchev–Trinajstić information content (AvgIpc) is 3.26. The lowest BCUT2D eigenvalue weighted by Gasteiger charge is -2.28. The molecule has 0 atom stereocenters. The number of aromatic amines is 1. The SMILES string of the molecule is CCc1ccc(-c2ncnc3[nH]c(-c4ccc(N5CCNCC5)nc4)cc23)c(F)c1C. The van der Waals surface area contributed by atoms with Gasteiger partial charge in [0.1, 0.15) is 23.6 Å². The number of benzene rings is 1. The van der Waals surface area contributed by atoms with E-state index in [-0.39, 0.29) is 5.82 Å². The van der Waals surface area contributed by atoms with Crippen LogP contribution in [0.1, 0.15) is 18.1 Å². The van der Waals surface area contributed by atoms with Crippen LogP contribution in [0, 0.1) is 12.7 Å². The Morgan fingerprint density at radius 1 is 1.06 bits per heavy atom. The van der Waals surface area contributed by atoms with Crippen molar-refractivity contribution >= 4 is 16.9 Å². The van der Waals surface area contributed by atoms with Gasteiger partial charge in [0, 0.05) is 54.6 Å². The third-order valence-electron chi connectivity index (χ3n) is 6.06. The summed E-state index contributed by atoms with van der Waals surface area (Å²) in [5, 5.41) is 4.15. The highest BCUT2D eigenvalue weighted by Gasteiger charge is 2.17. The molecular weight excluding hydrogens is 391 g/mol. The Balaban J connectivity index is 1.52. The van der Waals surface area contributed by atoms with Crippen LogP contribution in [0.5, 0.6) is 0 Å². The number of H-pyrrole nitrogens is 1. The molecule has 158 valence electrons. The number of pyridine rings is 1. The van der Waals surface area contributed by atoms with E-state index in [1.165, 1.54) is 6.33 Å². The number of hydrogen-bond acceptors (Lipinski definition) is 5. The van der Waals surface area contributed by atoms with E-state index in [1.807, 2.05) is 44.3 Å². The fraction of sp³-hybridized carbons (Fsp3) is 0.292. The first kappa shape index (κ1) is 19.6. The Bertz CT molecular complexity index is 1230. The van der Waals surface area contributed by atoms with Gasteiger partial charge in [-0.1, -0.05) is 13.0 Å². The lowest BCUT2D eigenvalue weighted by Crippen LogP contribution is -2.43. The molecule has 1 aliphatic rings. The van der Waals surface area contributed by atoms with E-state index in [4.69, 9.17) is 0 Å². The zero-order chi connectivity index (χ0) is 21.4. The molecular formula is C24H25FN6. The number of nitrogens with one attached hydrogen (secondary N) is 2. The van der Waals surface area contributed by atoms with Gasteiger partial charge >= 0.3 is 0 Å². The molecule has 4 aromatic rings. The number of hydrogen-bond donors (Lipinski definition) is 2. The fourth-order valence-electron chi connectivity index (χ4n) is 4.23. The summed E-state index contributed by atoms with van der Waals surface area (Å²) >= 11 is 0. The molecule has 2 N–H and O–H groups in total. The molecule has 0 spiro atoms. The second-order valence-electron chi connectivity index (χ2n) is 7.87. The number of piperazine rings is 1. The lowest BCUT2D eigenvalue weighted by molar-refractivity contribution is 0.585. The van der Waals surface area contributed by atoms with E-state index in [2.05, 4.69) is 36.2 Å². The van der Waals surface area contributed by atoms with Crippen molar-refractivity contribution < 1.29 is 4.39 Å². The molecule has 0 aliphatic carbocycles. The molecule has 0 amide bonds. The summed E-state index contributed by atoms with van der Waals surface area (Å²) in [6, 6.07) is 9.89. The minimum absolute atomic E-state index is 0.218. The van der Waals surface area contributed by atoms with Crippen LogP contribution in [0.4, 0.5) is 10.2 Å². The van der Waals surface area contributed by atoms with E-state index in [0.29, 0.717) is 22.5 Å². The van der Waals surface area contributed by atoms with Crippen molar-refractivity contribution in [3.63, 3.8) is 0 Å². The highest BCUT2D eigenvalue weighted by atomic mass is 19.1. The Hall–Kier alpha value is -3.32. The molecule has 0 unspecified atom stereocenters. The zero-order valence-corrected chi connectivity index (χ0v) is 17.7. The third-order valence-corrected chi connectivity index (χ3v) is 6.06. The maximum Gasteiger partial charge on any atom is 0.141 e. The summed E-state index contributed by atoms with van der Waals surface area (Å²) in [4.78, 5) is 19.1. The maximum atomic E-state index is 15.1. The van der Waals surface area contributed by atoms with Gasteiger partial charge in [0.05, 0.1) is 5.69 Å². The van der Waals surface area contributed by atoms with E-state index < -0.39 is 0 Å². The standard InChI is InChI=1S/C24H25FN6/c1-3-16-4-6-18(22(25)15(16)2)23-19-12-20(30-24(19)29-14-28-23)17-5-7-21(27-13-17)31-10-8-26-9-11-31/h4-7,12-14,26H,3,8-11H2,1-2H3,(H,28,29,30). The van der Waals surface area contributed by atoms with Gasteiger partial charge in [-0.3, -0.25) is 0 Å². The van der Waals surface area contributed by atoms with Crippen molar-refractivity contribution in [2.24, 2.45) is 0 Å². The summed E-state index contributed by atoms with van der Waals surface area (Å²) in [7, 11) is 0. The van der Waals surface area contributed by atoms with Crippen LogP contribution >= 0.6 is 0 Å². The number of rotatable bonds is 4. The van der Waals surface area contributed by atoms with Crippen LogP contribution in [-0.2, 0) is 6.42 Å². The third kappa shape index (κ3) is 3.55. The minimum atomic E-state index is -0.218. The van der Waals surface area contributed by atoms with Gasteiger partial charge in [0.15, 0.2) is 0 Å². The summed E-state index contributed by atoms with van der Waals surface area (Å²) in [5.41, 5.74) is 5.32. The van der Waals surface area contributed by atoms with Gasteiger partial charge in [-0.2, -0.15) is 0 Å². The Kier molecular flexibility index (Phi) is 5.11. The fourth-order valence-corrected chi connectivity index (χ4v) is 4.23. The van der Waals surface area contributed by atoms with Crippen LogP contribution in [0.15, 0.2) is 42.9 Å². The molecule has 3 aromatic heterocycles. The van der Waals surface area contributed by atoms with Crippen LogP contribution in [-0.4, -0.2) is 46.1 Å². The van der Waals surface area contributed by atoms with Crippen molar-refractivity contribution in [2.45, 2.75) is 20.3 Å². The molecule has 1 saturated heterocycles. The molecule has 5 rings (SSSR count). The van der Waals surface area contributed by atoms with Gasteiger partial charge in [-0.05, 0) is 48.7 Å². The van der Waals surface area contributed by atoms with E-state index in [9.17, 15) is 0 Å². The van der Waals surface area contributed by atoms with E-state index in [0.717, 1.165) is 60.6 Å². The quantitative estimate of drug-likeness (QED) is 0.524. The number of aryl methyl sites for hydroxylation is 1. The summed E-state index contributed by atoms with van der Waals surface area (Å²) < 4.78 is 15.1. The topological polar surface area (TPSA) is 69.7 Å². The van der Waals surface area contributed by atoms with Crippen LogP contribution in [0.2, 0.25) is 0 Å². The molecule has 31 heavy (non-hydrogen) atoms. The normalized spacial score (nSPS) is 14.4. The van der Waals surface area contributed by atoms with Crippen LogP contribution < -0.4 is 10.2 Å². The Morgan fingerprint density at radius 2 is 1.90 bits per heavy atom. The summed E-state index contributed by atoms with van der Waals surface area (Å²) in [6.07, 6.45) is 4.15. The molecule has 0 radical (unpaired) electrons. The van der Waals surface area contributed by atoms with Gasteiger partial charge in [0.25, 0.3) is 0 Å². The number of halogens is 1. The average molecular weight is 417 g/mol. The monoisotopic (exact) mass is 416 g/mol. The van der Waals surface area contributed by atoms with E-state index >= 15 is 4.39 Å². The van der Waals surface area contributed by atoms with Gasteiger partial charge in [-0.25, -0.2) is 19.3 Å². The number of nitrogens with zero attached hydrogens (tertiary/aromatic N) is 4. The van der Waals surface area contributed by atoms with Gasteiger partial charge < -0.3 is 15.2 Å². The number of aromatic nitrogens is 4. The second kappa shape index (κ2) is 8.07. The first-order chi connectivity index (χ1) is 15.2. The van der Waals surface area contributed by atoms with Crippen molar-refractivity contribution in [1.82, 2.24) is 25.3 Å². The van der Waals surface area contributed by atoms with Crippen LogP contribution in [0.3, 0.4) is 0 Å². The Morgan fingerprint density at radius 3 is 2.65 bits per heavy atom. The molecule has 0 bridgehead atoms. The molecule has 1 fully saturated rings. The van der Waals surface area contributed by atoms with Crippen LogP contribution in [0.25, 0.3) is 33.5 Å². The van der Waals surface area contributed by atoms with Gasteiger partial charge in [0.2, 0.25) is 0 Å². The molecule has 7 heteroatoms. The summed E-state index contributed by atoms with van der Waals surface area (Å²) in [5.74, 6) is 0.763.